The number of amides is 1. The van der Waals surface area contributed by atoms with Gasteiger partial charge in [-0.2, -0.15) is 20.8 Å². The first-order valence-electron chi connectivity index (χ1n) is 13.5. The predicted molar refractivity (Wildman–Crippen MR) is 159 cm³/mol. The van der Waals surface area contributed by atoms with E-state index in [-0.39, 0.29) is 42.6 Å². The molecule has 3 rings (SSSR count). The zero-order chi connectivity index (χ0) is 33.7. The summed E-state index contributed by atoms with van der Waals surface area (Å²) < 4.78 is 93.6. The van der Waals surface area contributed by atoms with Crippen molar-refractivity contribution in [1.29, 1.82) is 0 Å². The maximum Gasteiger partial charge on any atom is 0.410 e. The molecule has 2 aromatic rings. The van der Waals surface area contributed by atoms with E-state index in [4.69, 9.17) is 17.8 Å². The maximum absolute atomic E-state index is 13.7. The van der Waals surface area contributed by atoms with E-state index in [1.165, 1.54) is 14.0 Å². The van der Waals surface area contributed by atoms with Crippen molar-refractivity contribution in [2.45, 2.75) is 38.8 Å². The lowest BCUT2D eigenvalue weighted by atomic mass is 9.94. The van der Waals surface area contributed by atoms with Gasteiger partial charge < -0.3 is 18.6 Å². The van der Waals surface area contributed by atoms with Crippen LogP contribution >= 0.6 is 0 Å². The summed E-state index contributed by atoms with van der Waals surface area (Å²) in [7, 11) is -11.6. The molecule has 1 fully saturated rings. The highest BCUT2D eigenvalue weighted by atomic mass is 32.2. The second-order valence-electron chi connectivity index (χ2n) is 10.5. The molecule has 0 N–H and O–H groups in total. The first kappa shape index (κ1) is 35.9. The summed E-state index contributed by atoms with van der Waals surface area (Å²) in [6, 6.07) is 7.30. The average molecular weight is 694 g/mol. The minimum absolute atomic E-state index is 0.159. The van der Waals surface area contributed by atoms with Gasteiger partial charge in [0.25, 0.3) is 10.1 Å². The molecule has 0 saturated heterocycles. The quantitative estimate of drug-likeness (QED) is 0.214. The first-order valence-corrected chi connectivity index (χ1v) is 19.0. The van der Waals surface area contributed by atoms with Crippen molar-refractivity contribution in [3.8, 4) is 5.75 Å². The number of ether oxygens (including phenoxy) is 2. The first-order chi connectivity index (χ1) is 20.8. The van der Waals surface area contributed by atoms with Crippen LogP contribution in [0.15, 0.2) is 35.1 Å². The van der Waals surface area contributed by atoms with Gasteiger partial charge in [0.1, 0.15) is 6.61 Å². The van der Waals surface area contributed by atoms with Gasteiger partial charge in [-0.15, -0.1) is 0 Å². The molecular weight excluding hydrogens is 658 g/mol. The second kappa shape index (κ2) is 14.3. The number of rotatable bonds is 13. The Bertz CT molecular complexity index is 1790. The zero-order valence-corrected chi connectivity index (χ0v) is 27.7. The lowest BCUT2D eigenvalue weighted by molar-refractivity contribution is 0.0514. The van der Waals surface area contributed by atoms with Crippen molar-refractivity contribution in [1.82, 2.24) is 13.9 Å². The van der Waals surface area contributed by atoms with Crippen LogP contribution in [-0.4, -0.2) is 90.2 Å². The Balaban J connectivity index is 2.22. The molecule has 1 heterocycles. The molecule has 0 aliphatic heterocycles. The van der Waals surface area contributed by atoms with E-state index in [0.29, 0.717) is 24.5 Å². The van der Waals surface area contributed by atoms with Gasteiger partial charge in [-0.05, 0) is 43.6 Å². The molecule has 1 aliphatic rings. The summed E-state index contributed by atoms with van der Waals surface area (Å²) in [4.78, 5) is 45.1. The molecule has 0 bridgehead atoms. The van der Waals surface area contributed by atoms with Crippen LogP contribution in [0.4, 0.5) is 4.79 Å². The second-order valence-corrected chi connectivity index (χ2v) is 15.6. The van der Waals surface area contributed by atoms with Gasteiger partial charge in [-0.25, -0.2) is 23.0 Å². The Morgan fingerprint density at radius 2 is 1.64 bits per heavy atom. The topological polar surface area (TPSA) is 212 Å². The molecule has 1 aromatic heterocycles. The molecule has 1 aliphatic carbocycles. The summed E-state index contributed by atoms with van der Waals surface area (Å²) in [5.74, 6) is -4.11. The summed E-state index contributed by atoms with van der Waals surface area (Å²) in [6.07, 6.45) is 2.05. The number of carbonyl (C=O) groups is 2. The fourth-order valence-electron chi connectivity index (χ4n) is 4.99. The standard InChI is InChI=1S/C26H35N3O13S3/c1-6-39-25(31)20-22(42-45(5,37)38)24(30)29(43(3,33)34)23(27-20)21(19-13-12-18(14-19)16-41-44(4,35)36)28(2)26(32)40-15-17-10-8-7-9-11-17/h7-11,18-19,21H,6,12-16H2,1-5H3. The molecule has 0 radical (unpaired) electrons. The van der Waals surface area contributed by atoms with Crippen molar-refractivity contribution in [2.75, 3.05) is 39.0 Å². The van der Waals surface area contributed by atoms with Gasteiger partial charge in [0.15, 0.2) is 11.5 Å². The average Bonchev–Trinajstić information content (AvgIpc) is 3.39. The Morgan fingerprint density at radius 3 is 2.20 bits per heavy atom. The summed E-state index contributed by atoms with van der Waals surface area (Å²) in [6.45, 7) is 0.868. The SMILES string of the molecule is CCOC(=O)c1nc(C(C2CCC(COS(C)(=O)=O)C2)N(C)C(=O)OCc2ccccc2)n(S(C)(=O)=O)c(=O)c1OS(C)(=O)=O. The molecule has 1 aromatic carbocycles. The largest absolute Gasteiger partial charge is 0.461 e. The third-order valence-corrected chi connectivity index (χ3v) is 8.83. The molecule has 250 valence electrons. The molecule has 45 heavy (non-hydrogen) atoms. The Morgan fingerprint density at radius 1 is 1.00 bits per heavy atom. The van der Waals surface area contributed by atoms with Crippen molar-refractivity contribution >= 4 is 42.3 Å². The van der Waals surface area contributed by atoms with Gasteiger partial charge in [0.2, 0.25) is 15.8 Å². The molecule has 16 nitrogen and oxygen atoms in total. The van der Waals surface area contributed by atoms with Gasteiger partial charge >= 0.3 is 27.7 Å². The van der Waals surface area contributed by atoms with Crippen LogP contribution < -0.4 is 9.74 Å². The normalized spacial score (nSPS) is 17.8. The van der Waals surface area contributed by atoms with E-state index < -0.39 is 77.1 Å². The molecule has 1 saturated carbocycles. The third kappa shape index (κ3) is 9.72. The molecular formula is C26H35N3O13S3. The van der Waals surface area contributed by atoms with Crippen molar-refractivity contribution in [2.24, 2.45) is 11.8 Å². The number of hydrogen-bond donors (Lipinski definition) is 0. The van der Waals surface area contributed by atoms with Crippen LogP contribution in [0.3, 0.4) is 0 Å². The van der Waals surface area contributed by atoms with Gasteiger partial charge in [0, 0.05) is 7.05 Å². The molecule has 1 amide bonds. The minimum Gasteiger partial charge on any atom is -0.461 e. The van der Waals surface area contributed by atoms with E-state index in [1.807, 2.05) is 0 Å². The van der Waals surface area contributed by atoms with E-state index in [9.17, 15) is 39.6 Å². The van der Waals surface area contributed by atoms with E-state index in [0.717, 1.165) is 11.2 Å². The van der Waals surface area contributed by atoms with Gasteiger partial charge in [-0.3, -0.25) is 8.98 Å². The van der Waals surface area contributed by atoms with Crippen LogP contribution in [0.25, 0.3) is 0 Å². The fraction of sp³-hybridized carbons (Fsp3) is 0.538. The summed E-state index contributed by atoms with van der Waals surface area (Å²) in [5, 5.41) is 0. The third-order valence-electron chi connectivity index (χ3n) is 6.78. The number of nitrogens with zero attached hydrogens (tertiary/aromatic N) is 3. The van der Waals surface area contributed by atoms with Crippen LogP contribution in [0.1, 0.15) is 54.1 Å². The van der Waals surface area contributed by atoms with Gasteiger partial charge in [-0.1, -0.05) is 30.3 Å². The van der Waals surface area contributed by atoms with Gasteiger partial charge in [0.05, 0.1) is 38.0 Å². The van der Waals surface area contributed by atoms with E-state index >= 15 is 0 Å². The van der Waals surface area contributed by atoms with E-state index in [1.54, 1.807) is 30.3 Å². The summed E-state index contributed by atoms with van der Waals surface area (Å²) >= 11 is 0. The van der Waals surface area contributed by atoms with Crippen molar-refractivity contribution in [3.63, 3.8) is 0 Å². The van der Waals surface area contributed by atoms with Crippen molar-refractivity contribution in [3.05, 3.63) is 57.8 Å². The smallest absolute Gasteiger partial charge is 0.410 e. The van der Waals surface area contributed by atoms with Crippen LogP contribution in [0.2, 0.25) is 0 Å². The Hall–Kier alpha value is -3.55. The molecule has 3 atom stereocenters. The van der Waals surface area contributed by atoms with Crippen LogP contribution in [0, 0.1) is 11.8 Å². The highest BCUT2D eigenvalue weighted by Gasteiger charge is 2.42. The Labute approximate surface area is 261 Å². The Kier molecular flexibility index (Phi) is 11.4. The van der Waals surface area contributed by atoms with Crippen LogP contribution in [-0.2, 0) is 50.5 Å². The highest BCUT2D eigenvalue weighted by Crippen LogP contribution is 2.42. The monoisotopic (exact) mass is 693 g/mol. The lowest BCUT2D eigenvalue weighted by Crippen LogP contribution is -2.42. The lowest BCUT2D eigenvalue weighted by Gasteiger charge is -2.33. The maximum atomic E-state index is 13.7. The molecule has 0 spiro atoms. The minimum atomic E-state index is -4.60. The number of aromatic nitrogens is 2. The van der Waals surface area contributed by atoms with E-state index in [2.05, 4.69) is 4.98 Å². The number of carbonyl (C=O) groups excluding carboxylic acids is 2. The number of esters is 1. The summed E-state index contributed by atoms with van der Waals surface area (Å²) in [5.41, 5.74) is -1.83. The molecule has 3 unspecified atom stereocenters. The predicted octanol–water partition coefficient (Wildman–Crippen LogP) is 1.27. The molecule has 19 heteroatoms. The number of benzene rings is 1. The number of hydrogen-bond acceptors (Lipinski definition) is 14. The zero-order valence-electron chi connectivity index (χ0n) is 25.2. The van der Waals surface area contributed by atoms with Crippen LogP contribution in [0.5, 0.6) is 5.75 Å². The van der Waals surface area contributed by atoms with Crippen molar-refractivity contribution < 1.29 is 52.7 Å². The highest BCUT2D eigenvalue weighted by molar-refractivity contribution is 7.89. The fourth-order valence-corrected chi connectivity index (χ4v) is 6.75.